The third-order valence-corrected chi connectivity index (χ3v) is 4.99. The van der Waals surface area contributed by atoms with Crippen molar-refractivity contribution in [3.63, 3.8) is 0 Å². The van der Waals surface area contributed by atoms with Gasteiger partial charge in [0.1, 0.15) is 6.07 Å². The van der Waals surface area contributed by atoms with Gasteiger partial charge in [-0.3, -0.25) is 0 Å². The van der Waals surface area contributed by atoms with Crippen molar-refractivity contribution < 1.29 is 9.90 Å². The number of nitrogens with zero attached hydrogens (tertiary/aromatic N) is 2. The number of hydrogen-bond acceptors (Lipinski definition) is 4. The molecule has 0 aromatic heterocycles. The number of carboxylic acid groups (broad SMARTS) is 1. The molecule has 1 aliphatic heterocycles. The largest absolute Gasteiger partial charge is 0.478 e. The summed E-state index contributed by atoms with van der Waals surface area (Å²) >= 11 is 0. The maximum Gasteiger partial charge on any atom is 0.336 e. The smallest absolute Gasteiger partial charge is 0.336 e. The number of aryl methyl sites for hydroxylation is 2. The minimum atomic E-state index is -0.928. The average Bonchev–Trinajstić information content (AvgIpc) is 2.64. The van der Waals surface area contributed by atoms with Crippen LogP contribution in [0.2, 0.25) is 0 Å². The molecule has 1 saturated heterocycles. The molecule has 0 unspecified atom stereocenters. The third kappa shape index (κ3) is 3.42. The Labute approximate surface area is 153 Å². The third-order valence-electron chi connectivity index (χ3n) is 4.99. The van der Waals surface area contributed by atoms with Crippen LogP contribution >= 0.6 is 0 Å². The lowest BCUT2D eigenvalue weighted by molar-refractivity contribution is 0.0696. The van der Waals surface area contributed by atoms with Gasteiger partial charge in [0.15, 0.2) is 0 Å². The second-order valence-electron chi connectivity index (χ2n) is 6.74. The topological polar surface area (TPSA) is 76.4 Å². The number of rotatable bonds is 4. The Morgan fingerprint density at radius 1 is 1.15 bits per heavy atom. The normalized spacial score (nSPS) is 14.7. The van der Waals surface area contributed by atoms with Crippen LogP contribution in [0.5, 0.6) is 0 Å². The Kier molecular flexibility index (Phi) is 5.24. The zero-order chi connectivity index (χ0) is 18.7. The van der Waals surface area contributed by atoms with Gasteiger partial charge in [-0.05, 0) is 69.1 Å². The molecule has 5 heteroatoms. The van der Waals surface area contributed by atoms with Crippen molar-refractivity contribution in [2.75, 3.05) is 18.0 Å². The number of carboxylic acids is 1. The molecular weight excluding hydrogens is 326 g/mol. The highest BCUT2D eigenvalue weighted by Crippen LogP contribution is 2.36. The number of aromatic carboxylic acids is 1. The lowest BCUT2D eigenvalue weighted by Gasteiger charge is -2.38. The van der Waals surface area contributed by atoms with E-state index in [9.17, 15) is 15.2 Å². The number of anilines is 2. The van der Waals surface area contributed by atoms with E-state index in [4.69, 9.17) is 0 Å². The average molecular weight is 349 g/mol. The molecule has 0 saturated carbocycles. The molecule has 26 heavy (non-hydrogen) atoms. The fourth-order valence-electron chi connectivity index (χ4n) is 3.70. The predicted octanol–water partition coefficient (Wildman–Crippen LogP) is 3.76. The van der Waals surface area contributed by atoms with Gasteiger partial charge in [-0.1, -0.05) is 18.2 Å². The van der Waals surface area contributed by atoms with Gasteiger partial charge in [0.2, 0.25) is 0 Å². The summed E-state index contributed by atoms with van der Waals surface area (Å²) in [6, 6.07) is 13.7. The molecule has 0 spiro atoms. The van der Waals surface area contributed by atoms with Gasteiger partial charge in [-0.15, -0.1) is 0 Å². The number of carbonyl (C=O) groups is 1. The van der Waals surface area contributed by atoms with Crippen molar-refractivity contribution in [3.05, 3.63) is 58.7 Å². The summed E-state index contributed by atoms with van der Waals surface area (Å²) in [5, 5.41) is 22.5. The summed E-state index contributed by atoms with van der Waals surface area (Å²) < 4.78 is 0. The fourth-order valence-corrected chi connectivity index (χ4v) is 3.70. The molecule has 0 bridgehead atoms. The van der Waals surface area contributed by atoms with Crippen LogP contribution < -0.4 is 10.2 Å². The summed E-state index contributed by atoms with van der Waals surface area (Å²) in [5.74, 6) is -0.928. The van der Waals surface area contributed by atoms with E-state index in [0.717, 1.165) is 48.4 Å². The predicted molar refractivity (Wildman–Crippen MR) is 102 cm³/mol. The number of piperidine rings is 1. The van der Waals surface area contributed by atoms with Gasteiger partial charge in [-0.2, -0.15) is 5.26 Å². The van der Waals surface area contributed by atoms with Crippen molar-refractivity contribution in [1.82, 2.24) is 5.32 Å². The fraction of sp³-hybridized carbons (Fsp3) is 0.333. The van der Waals surface area contributed by atoms with E-state index in [0.29, 0.717) is 11.1 Å². The monoisotopic (exact) mass is 349 g/mol. The Morgan fingerprint density at radius 2 is 1.85 bits per heavy atom. The molecule has 1 heterocycles. The maximum atomic E-state index is 11.7. The zero-order valence-electron chi connectivity index (χ0n) is 15.1. The first-order valence-electron chi connectivity index (χ1n) is 8.86. The highest BCUT2D eigenvalue weighted by atomic mass is 16.4. The SMILES string of the molecule is Cc1cc(C)c(N(c2ccccc2C#N)C2CCNCC2)cc1C(=O)O. The van der Waals surface area contributed by atoms with Gasteiger partial charge < -0.3 is 15.3 Å². The van der Waals surface area contributed by atoms with Crippen molar-refractivity contribution in [3.8, 4) is 6.07 Å². The Bertz CT molecular complexity index is 864. The molecule has 2 N–H and O–H groups in total. The first-order valence-corrected chi connectivity index (χ1v) is 8.86. The summed E-state index contributed by atoms with van der Waals surface area (Å²) in [6.07, 6.45) is 1.88. The van der Waals surface area contributed by atoms with Crippen LogP contribution in [0.25, 0.3) is 0 Å². The van der Waals surface area contributed by atoms with Gasteiger partial charge >= 0.3 is 5.97 Å². The summed E-state index contributed by atoms with van der Waals surface area (Å²) in [7, 11) is 0. The molecule has 0 atom stereocenters. The summed E-state index contributed by atoms with van der Waals surface area (Å²) in [5.41, 5.74) is 4.37. The van der Waals surface area contributed by atoms with E-state index in [1.54, 1.807) is 6.07 Å². The van der Waals surface area contributed by atoms with Crippen molar-refractivity contribution in [2.45, 2.75) is 32.7 Å². The molecule has 134 valence electrons. The highest BCUT2D eigenvalue weighted by molar-refractivity contribution is 5.91. The van der Waals surface area contributed by atoms with Gasteiger partial charge in [0, 0.05) is 11.7 Å². The minimum Gasteiger partial charge on any atom is -0.478 e. The molecule has 0 radical (unpaired) electrons. The van der Waals surface area contributed by atoms with Crippen LogP contribution in [-0.2, 0) is 0 Å². The second-order valence-corrected chi connectivity index (χ2v) is 6.74. The molecule has 2 aromatic rings. The zero-order valence-corrected chi connectivity index (χ0v) is 15.1. The molecule has 0 amide bonds. The van der Waals surface area contributed by atoms with Crippen molar-refractivity contribution >= 4 is 17.3 Å². The van der Waals surface area contributed by atoms with E-state index < -0.39 is 5.97 Å². The second kappa shape index (κ2) is 7.59. The van der Waals surface area contributed by atoms with E-state index in [1.165, 1.54) is 0 Å². The Balaban J connectivity index is 2.20. The number of nitriles is 1. The van der Waals surface area contributed by atoms with Crippen LogP contribution in [0.1, 0.15) is 39.9 Å². The lowest BCUT2D eigenvalue weighted by atomic mass is 9.97. The van der Waals surface area contributed by atoms with E-state index in [-0.39, 0.29) is 6.04 Å². The molecule has 0 aliphatic carbocycles. The number of nitrogens with one attached hydrogen (secondary N) is 1. The number of para-hydroxylation sites is 1. The molecule has 1 aliphatic rings. The minimum absolute atomic E-state index is 0.216. The van der Waals surface area contributed by atoms with E-state index >= 15 is 0 Å². The van der Waals surface area contributed by atoms with Gasteiger partial charge in [-0.25, -0.2) is 4.79 Å². The maximum absolute atomic E-state index is 11.7. The van der Waals surface area contributed by atoms with Crippen LogP contribution in [0, 0.1) is 25.2 Å². The van der Waals surface area contributed by atoms with E-state index in [2.05, 4.69) is 16.3 Å². The first-order chi connectivity index (χ1) is 12.5. The van der Waals surface area contributed by atoms with Gasteiger partial charge in [0.25, 0.3) is 0 Å². The Hall–Kier alpha value is -2.84. The molecular formula is C21H23N3O2. The van der Waals surface area contributed by atoms with Crippen LogP contribution in [0.3, 0.4) is 0 Å². The van der Waals surface area contributed by atoms with Crippen LogP contribution in [-0.4, -0.2) is 30.2 Å². The summed E-state index contributed by atoms with van der Waals surface area (Å²) in [4.78, 5) is 13.8. The molecule has 3 rings (SSSR count). The van der Waals surface area contributed by atoms with Crippen molar-refractivity contribution in [1.29, 1.82) is 5.26 Å². The first kappa shape index (κ1) is 18.0. The number of hydrogen-bond donors (Lipinski definition) is 2. The standard InChI is InChI=1S/C21H23N3O2/c1-14-11-15(2)20(12-18(14)21(25)26)24(17-7-9-23-10-8-17)19-6-4-3-5-16(19)13-22/h3-6,11-12,17,23H,7-10H2,1-2H3,(H,25,26). The molecule has 2 aromatic carbocycles. The van der Waals surface area contributed by atoms with Crippen LogP contribution in [0.4, 0.5) is 11.4 Å². The van der Waals surface area contributed by atoms with Crippen LogP contribution in [0.15, 0.2) is 36.4 Å². The van der Waals surface area contributed by atoms with Crippen molar-refractivity contribution in [2.24, 2.45) is 0 Å². The Morgan fingerprint density at radius 3 is 2.50 bits per heavy atom. The molecule has 5 nitrogen and oxygen atoms in total. The van der Waals surface area contributed by atoms with Gasteiger partial charge in [0.05, 0.1) is 16.8 Å². The quantitative estimate of drug-likeness (QED) is 0.879. The number of benzene rings is 2. The molecule has 1 fully saturated rings. The highest BCUT2D eigenvalue weighted by Gasteiger charge is 2.27. The van der Waals surface area contributed by atoms with E-state index in [1.807, 2.05) is 44.2 Å². The summed E-state index contributed by atoms with van der Waals surface area (Å²) in [6.45, 7) is 5.63. The lowest BCUT2D eigenvalue weighted by Crippen LogP contribution is -2.41.